The van der Waals surface area contributed by atoms with Crippen LogP contribution in [0.3, 0.4) is 0 Å². The highest BCUT2D eigenvalue weighted by molar-refractivity contribution is 5.40. The molecular formula is C15H26. The summed E-state index contributed by atoms with van der Waals surface area (Å²) in [6, 6.07) is 0. The molecular weight excluding hydrogens is 180 g/mol. The van der Waals surface area contributed by atoms with E-state index in [9.17, 15) is 0 Å². The zero-order chi connectivity index (χ0) is 11.3. The quantitative estimate of drug-likeness (QED) is 0.556. The molecule has 0 aromatic rings. The van der Waals surface area contributed by atoms with Gasteiger partial charge >= 0.3 is 0 Å². The van der Waals surface area contributed by atoms with Crippen molar-refractivity contribution in [3.63, 3.8) is 0 Å². The van der Waals surface area contributed by atoms with Gasteiger partial charge in [0.2, 0.25) is 0 Å². The average Bonchev–Trinajstić information content (AvgIpc) is 2.50. The summed E-state index contributed by atoms with van der Waals surface area (Å²) in [5.41, 5.74) is 4.98. The van der Waals surface area contributed by atoms with Crippen molar-refractivity contribution in [1.29, 1.82) is 0 Å². The number of allylic oxidation sites excluding steroid dienone is 4. The second-order valence-electron chi connectivity index (χ2n) is 4.87. The van der Waals surface area contributed by atoms with Crippen LogP contribution < -0.4 is 0 Å². The molecule has 0 fully saturated rings. The molecule has 0 radical (unpaired) electrons. The van der Waals surface area contributed by atoms with Crippen LogP contribution in [0.1, 0.15) is 66.2 Å². The van der Waals surface area contributed by atoms with Crippen LogP contribution in [0.25, 0.3) is 0 Å². The van der Waals surface area contributed by atoms with Crippen molar-refractivity contribution in [1.82, 2.24) is 0 Å². The van der Waals surface area contributed by atoms with E-state index in [1.807, 2.05) is 0 Å². The Morgan fingerprint density at radius 1 is 1.07 bits per heavy atom. The standard InChI is InChI=1S/C15H26/c1-5-7-9-14-11-12(3)13(4)15(14)10-8-6-2/h11,13H,5-10H2,1-4H3. The van der Waals surface area contributed by atoms with Crippen LogP contribution >= 0.6 is 0 Å². The van der Waals surface area contributed by atoms with E-state index in [0.29, 0.717) is 0 Å². The molecule has 1 aliphatic carbocycles. The van der Waals surface area contributed by atoms with Gasteiger partial charge in [0, 0.05) is 0 Å². The molecule has 0 aromatic heterocycles. The van der Waals surface area contributed by atoms with Crippen LogP contribution in [-0.4, -0.2) is 0 Å². The molecule has 1 unspecified atom stereocenters. The monoisotopic (exact) mass is 206 g/mol. The smallest absolute Gasteiger partial charge is 0.00152 e. The Kier molecular flexibility index (Phi) is 5.14. The Balaban J connectivity index is 2.66. The van der Waals surface area contributed by atoms with Gasteiger partial charge < -0.3 is 0 Å². The second-order valence-corrected chi connectivity index (χ2v) is 4.87. The third kappa shape index (κ3) is 3.22. The Morgan fingerprint density at radius 3 is 2.27 bits per heavy atom. The maximum absolute atomic E-state index is 2.45. The van der Waals surface area contributed by atoms with Gasteiger partial charge in [-0.15, -0.1) is 0 Å². The highest BCUT2D eigenvalue weighted by Crippen LogP contribution is 2.36. The fourth-order valence-corrected chi connectivity index (χ4v) is 2.39. The van der Waals surface area contributed by atoms with Crippen molar-refractivity contribution < 1.29 is 0 Å². The van der Waals surface area contributed by atoms with E-state index in [1.165, 1.54) is 38.5 Å². The zero-order valence-electron chi connectivity index (χ0n) is 10.9. The van der Waals surface area contributed by atoms with Gasteiger partial charge in [0.15, 0.2) is 0 Å². The predicted octanol–water partition coefficient (Wildman–Crippen LogP) is 5.26. The molecule has 0 amide bonds. The highest BCUT2D eigenvalue weighted by Gasteiger charge is 2.19. The molecule has 0 bridgehead atoms. The SMILES string of the molecule is CCCCC1=C(CCCC)C(C)C(C)=C1. The Labute approximate surface area is 95.5 Å². The summed E-state index contributed by atoms with van der Waals surface area (Å²) in [5, 5.41) is 0. The first-order valence-corrected chi connectivity index (χ1v) is 6.60. The van der Waals surface area contributed by atoms with Gasteiger partial charge in [0.25, 0.3) is 0 Å². The molecule has 0 saturated carbocycles. The summed E-state index contributed by atoms with van der Waals surface area (Å²) in [5.74, 6) is 0.725. The van der Waals surface area contributed by atoms with E-state index in [1.54, 1.807) is 16.7 Å². The molecule has 0 heteroatoms. The number of hydrogen-bond acceptors (Lipinski definition) is 0. The Bertz CT molecular complexity index is 255. The van der Waals surface area contributed by atoms with E-state index in [0.717, 1.165) is 5.92 Å². The van der Waals surface area contributed by atoms with Crippen molar-refractivity contribution in [2.24, 2.45) is 5.92 Å². The lowest BCUT2D eigenvalue weighted by atomic mass is 9.92. The summed E-state index contributed by atoms with van der Waals surface area (Å²) >= 11 is 0. The fraction of sp³-hybridized carbons (Fsp3) is 0.733. The first-order valence-electron chi connectivity index (χ1n) is 6.60. The molecule has 0 nitrogen and oxygen atoms in total. The van der Waals surface area contributed by atoms with Crippen LogP contribution in [0.15, 0.2) is 22.8 Å². The largest absolute Gasteiger partial charge is 0.0661 e. The maximum Gasteiger partial charge on any atom is -0.00152 e. The first-order chi connectivity index (χ1) is 7.20. The third-order valence-corrected chi connectivity index (χ3v) is 3.62. The Hall–Kier alpha value is -0.520. The minimum atomic E-state index is 0.725. The number of hydrogen-bond donors (Lipinski definition) is 0. The van der Waals surface area contributed by atoms with E-state index >= 15 is 0 Å². The Morgan fingerprint density at radius 2 is 1.67 bits per heavy atom. The van der Waals surface area contributed by atoms with Crippen molar-refractivity contribution >= 4 is 0 Å². The van der Waals surface area contributed by atoms with Crippen molar-refractivity contribution in [3.05, 3.63) is 22.8 Å². The van der Waals surface area contributed by atoms with Gasteiger partial charge in [0.1, 0.15) is 0 Å². The van der Waals surface area contributed by atoms with Gasteiger partial charge in [-0.05, 0) is 44.1 Å². The van der Waals surface area contributed by atoms with Crippen LogP contribution in [-0.2, 0) is 0 Å². The summed E-state index contributed by atoms with van der Waals surface area (Å²) in [7, 11) is 0. The molecule has 0 N–H and O–H groups in total. The molecule has 0 saturated heterocycles. The van der Waals surface area contributed by atoms with E-state index in [2.05, 4.69) is 33.8 Å². The van der Waals surface area contributed by atoms with Gasteiger partial charge in [-0.1, -0.05) is 50.8 Å². The molecule has 1 aliphatic rings. The van der Waals surface area contributed by atoms with Gasteiger partial charge in [-0.3, -0.25) is 0 Å². The molecule has 0 aromatic carbocycles. The predicted molar refractivity (Wildman–Crippen MR) is 69.0 cm³/mol. The maximum atomic E-state index is 2.45. The van der Waals surface area contributed by atoms with Gasteiger partial charge in [0.05, 0.1) is 0 Å². The topological polar surface area (TPSA) is 0 Å². The van der Waals surface area contributed by atoms with Crippen LogP contribution in [0.4, 0.5) is 0 Å². The molecule has 15 heavy (non-hydrogen) atoms. The zero-order valence-corrected chi connectivity index (χ0v) is 10.9. The normalized spacial score (nSPS) is 21.1. The average molecular weight is 206 g/mol. The lowest BCUT2D eigenvalue weighted by Gasteiger charge is -2.13. The minimum Gasteiger partial charge on any atom is -0.0661 e. The molecule has 0 aliphatic heterocycles. The van der Waals surface area contributed by atoms with Crippen LogP contribution in [0.5, 0.6) is 0 Å². The molecule has 86 valence electrons. The van der Waals surface area contributed by atoms with E-state index < -0.39 is 0 Å². The number of rotatable bonds is 6. The lowest BCUT2D eigenvalue weighted by Crippen LogP contribution is -1.98. The van der Waals surface area contributed by atoms with Crippen molar-refractivity contribution in [2.45, 2.75) is 66.2 Å². The fourth-order valence-electron chi connectivity index (χ4n) is 2.39. The molecule has 1 atom stereocenters. The van der Waals surface area contributed by atoms with E-state index in [4.69, 9.17) is 0 Å². The second kappa shape index (κ2) is 6.15. The number of unbranched alkanes of at least 4 members (excludes halogenated alkanes) is 2. The molecule has 0 spiro atoms. The van der Waals surface area contributed by atoms with Gasteiger partial charge in [-0.2, -0.15) is 0 Å². The van der Waals surface area contributed by atoms with E-state index in [-0.39, 0.29) is 0 Å². The van der Waals surface area contributed by atoms with Crippen molar-refractivity contribution in [3.8, 4) is 0 Å². The molecule has 1 rings (SSSR count). The summed E-state index contributed by atoms with van der Waals surface area (Å²) in [6.45, 7) is 9.22. The summed E-state index contributed by atoms with van der Waals surface area (Å²) < 4.78 is 0. The highest BCUT2D eigenvalue weighted by atomic mass is 14.2. The van der Waals surface area contributed by atoms with Crippen LogP contribution in [0.2, 0.25) is 0 Å². The van der Waals surface area contributed by atoms with Crippen LogP contribution in [0, 0.1) is 5.92 Å². The lowest BCUT2D eigenvalue weighted by molar-refractivity contribution is 0.689. The minimum absolute atomic E-state index is 0.725. The third-order valence-electron chi connectivity index (χ3n) is 3.62. The molecule has 0 heterocycles. The summed E-state index contributed by atoms with van der Waals surface area (Å²) in [4.78, 5) is 0. The summed E-state index contributed by atoms with van der Waals surface area (Å²) in [6.07, 6.45) is 10.4. The first kappa shape index (κ1) is 12.5. The van der Waals surface area contributed by atoms with Crippen molar-refractivity contribution in [2.75, 3.05) is 0 Å². The van der Waals surface area contributed by atoms with Gasteiger partial charge in [-0.25, -0.2) is 0 Å².